The van der Waals surface area contributed by atoms with E-state index in [-0.39, 0.29) is 38.8 Å². The standard InChI is InChI=1S/C12H21NO4.2CH4/c1-4-8(10(13)14)5-12(2,3)11(15)17-7-9-6-16-9;;/h8-9H,4-7H2,1-3H3,(H2,13,14);2*1H4. The lowest BCUT2D eigenvalue weighted by Gasteiger charge is -2.25. The van der Waals surface area contributed by atoms with Crippen LogP contribution in [0, 0.1) is 11.3 Å². The number of amides is 1. The van der Waals surface area contributed by atoms with Crippen LogP contribution in [0.3, 0.4) is 0 Å². The number of hydrogen-bond donors (Lipinski definition) is 1. The van der Waals surface area contributed by atoms with E-state index in [4.69, 9.17) is 15.2 Å². The minimum absolute atomic E-state index is 0. The van der Waals surface area contributed by atoms with Gasteiger partial charge in [0.15, 0.2) is 0 Å². The first kappa shape index (κ1) is 20.2. The first-order valence-corrected chi connectivity index (χ1v) is 5.95. The molecule has 1 aliphatic heterocycles. The van der Waals surface area contributed by atoms with E-state index in [0.29, 0.717) is 26.1 Å². The van der Waals surface area contributed by atoms with Crippen molar-refractivity contribution in [3.63, 3.8) is 0 Å². The molecule has 0 saturated carbocycles. The van der Waals surface area contributed by atoms with E-state index >= 15 is 0 Å². The first-order chi connectivity index (χ1) is 7.86. The van der Waals surface area contributed by atoms with Gasteiger partial charge >= 0.3 is 5.97 Å². The lowest BCUT2D eigenvalue weighted by Crippen LogP contribution is -2.34. The molecule has 5 nitrogen and oxygen atoms in total. The highest BCUT2D eigenvalue weighted by molar-refractivity contribution is 5.80. The SMILES string of the molecule is C.C.CCC(CC(C)(C)C(=O)OCC1CO1)C(N)=O. The Morgan fingerprint density at radius 2 is 1.95 bits per heavy atom. The van der Waals surface area contributed by atoms with Crippen LogP contribution < -0.4 is 5.73 Å². The second-order valence-electron chi connectivity index (χ2n) is 5.15. The monoisotopic (exact) mass is 275 g/mol. The van der Waals surface area contributed by atoms with Crippen LogP contribution in [0.5, 0.6) is 0 Å². The zero-order valence-corrected chi connectivity index (χ0v) is 10.7. The molecule has 1 fully saturated rings. The van der Waals surface area contributed by atoms with Gasteiger partial charge in [0.2, 0.25) is 5.91 Å². The molecule has 0 aromatic carbocycles. The summed E-state index contributed by atoms with van der Waals surface area (Å²) in [5.41, 5.74) is 4.59. The Bertz CT molecular complexity index is 298. The number of ether oxygens (including phenoxy) is 2. The third kappa shape index (κ3) is 6.57. The number of epoxide rings is 1. The summed E-state index contributed by atoms with van der Waals surface area (Å²) in [6, 6.07) is 0. The summed E-state index contributed by atoms with van der Waals surface area (Å²) in [7, 11) is 0. The molecule has 0 radical (unpaired) electrons. The molecule has 19 heavy (non-hydrogen) atoms. The highest BCUT2D eigenvalue weighted by atomic mass is 16.6. The molecule has 0 aromatic rings. The van der Waals surface area contributed by atoms with Gasteiger partial charge in [-0.1, -0.05) is 21.8 Å². The van der Waals surface area contributed by atoms with Crippen LogP contribution in [0.2, 0.25) is 0 Å². The minimum atomic E-state index is -0.690. The van der Waals surface area contributed by atoms with Crippen LogP contribution in [0.4, 0.5) is 0 Å². The van der Waals surface area contributed by atoms with Crippen molar-refractivity contribution in [1.82, 2.24) is 0 Å². The molecule has 0 spiro atoms. The Balaban J connectivity index is 0. The quantitative estimate of drug-likeness (QED) is 0.570. The Morgan fingerprint density at radius 1 is 1.42 bits per heavy atom. The molecule has 0 bridgehead atoms. The number of rotatable bonds is 7. The van der Waals surface area contributed by atoms with Gasteiger partial charge in [-0.2, -0.15) is 0 Å². The van der Waals surface area contributed by atoms with E-state index in [1.54, 1.807) is 13.8 Å². The molecule has 1 rings (SSSR count). The van der Waals surface area contributed by atoms with E-state index in [2.05, 4.69) is 0 Å². The van der Waals surface area contributed by atoms with Gasteiger partial charge in [-0.3, -0.25) is 9.59 Å². The van der Waals surface area contributed by atoms with Gasteiger partial charge in [-0.15, -0.1) is 0 Å². The number of hydrogen-bond acceptors (Lipinski definition) is 4. The fourth-order valence-electron chi connectivity index (χ4n) is 1.67. The molecular formula is C14H29NO4. The van der Waals surface area contributed by atoms with Crippen LogP contribution in [-0.2, 0) is 19.1 Å². The normalized spacial score (nSPS) is 18.6. The maximum atomic E-state index is 11.8. The zero-order chi connectivity index (χ0) is 13.1. The molecule has 5 heteroatoms. The number of esters is 1. The molecular weight excluding hydrogens is 246 g/mol. The van der Waals surface area contributed by atoms with Gasteiger partial charge in [0.05, 0.1) is 12.0 Å². The summed E-state index contributed by atoms with van der Waals surface area (Å²) >= 11 is 0. The average Bonchev–Trinajstić information content (AvgIpc) is 3.05. The summed E-state index contributed by atoms with van der Waals surface area (Å²) in [6.07, 6.45) is 1.12. The van der Waals surface area contributed by atoms with Crippen LogP contribution in [-0.4, -0.2) is 31.2 Å². The lowest BCUT2D eigenvalue weighted by atomic mass is 9.81. The zero-order valence-electron chi connectivity index (χ0n) is 10.7. The van der Waals surface area contributed by atoms with Crippen molar-refractivity contribution in [2.24, 2.45) is 17.1 Å². The fourth-order valence-corrected chi connectivity index (χ4v) is 1.67. The number of primary amides is 1. The van der Waals surface area contributed by atoms with Crippen molar-refractivity contribution in [1.29, 1.82) is 0 Å². The van der Waals surface area contributed by atoms with Crippen LogP contribution in [0.15, 0.2) is 0 Å². The number of nitrogens with two attached hydrogens (primary N) is 1. The van der Waals surface area contributed by atoms with Gasteiger partial charge < -0.3 is 15.2 Å². The smallest absolute Gasteiger partial charge is 0.311 e. The van der Waals surface area contributed by atoms with Crippen molar-refractivity contribution in [3.05, 3.63) is 0 Å². The molecule has 1 heterocycles. The van der Waals surface area contributed by atoms with Crippen molar-refractivity contribution in [2.45, 2.75) is 54.6 Å². The molecule has 0 aliphatic carbocycles. The van der Waals surface area contributed by atoms with E-state index < -0.39 is 5.41 Å². The van der Waals surface area contributed by atoms with Gasteiger partial charge in [-0.05, 0) is 26.7 Å². The molecule has 2 N–H and O–H groups in total. The predicted molar refractivity (Wildman–Crippen MR) is 75.5 cm³/mol. The third-order valence-electron chi connectivity index (χ3n) is 3.01. The molecule has 2 atom stereocenters. The number of carbonyl (C=O) groups is 2. The van der Waals surface area contributed by atoms with Crippen molar-refractivity contribution >= 4 is 11.9 Å². The summed E-state index contributed by atoms with van der Waals surface area (Å²) in [6.45, 7) is 6.39. The Labute approximate surface area is 116 Å². The predicted octanol–water partition coefficient (Wildman–Crippen LogP) is 2.13. The summed E-state index contributed by atoms with van der Waals surface area (Å²) in [5.74, 6) is -0.943. The highest BCUT2D eigenvalue weighted by Gasteiger charge is 2.35. The minimum Gasteiger partial charge on any atom is -0.462 e. The Morgan fingerprint density at radius 3 is 2.32 bits per heavy atom. The van der Waals surface area contributed by atoms with Crippen molar-refractivity contribution < 1.29 is 19.1 Å². The van der Waals surface area contributed by atoms with Gasteiger partial charge in [0.25, 0.3) is 0 Å². The summed E-state index contributed by atoms with van der Waals surface area (Å²) in [4.78, 5) is 23.0. The second kappa shape index (κ2) is 8.15. The van der Waals surface area contributed by atoms with Crippen LogP contribution in [0.1, 0.15) is 48.5 Å². The van der Waals surface area contributed by atoms with Crippen molar-refractivity contribution in [2.75, 3.05) is 13.2 Å². The molecule has 1 amide bonds. The maximum Gasteiger partial charge on any atom is 0.311 e. The lowest BCUT2D eigenvalue weighted by molar-refractivity contribution is -0.155. The van der Waals surface area contributed by atoms with Crippen LogP contribution in [0.25, 0.3) is 0 Å². The Kier molecular flexibility index (Phi) is 8.67. The molecule has 114 valence electrons. The van der Waals surface area contributed by atoms with E-state index in [1.807, 2.05) is 6.92 Å². The first-order valence-electron chi connectivity index (χ1n) is 5.95. The largest absolute Gasteiger partial charge is 0.462 e. The Hall–Kier alpha value is -1.10. The van der Waals surface area contributed by atoms with Gasteiger partial charge in [0.1, 0.15) is 12.7 Å². The average molecular weight is 275 g/mol. The fraction of sp³-hybridized carbons (Fsp3) is 0.857. The molecule has 0 aromatic heterocycles. The van der Waals surface area contributed by atoms with E-state index in [0.717, 1.165) is 0 Å². The maximum absolute atomic E-state index is 11.8. The van der Waals surface area contributed by atoms with E-state index in [9.17, 15) is 9.59 Å². The highest BCUT2D eigenvalue weighted by Crippen LogP contribution is 2.29. The topological polar surface area (TPSA) is 81.9 Å². The van der Waals surface area contributed by atoms with Crippen molar-refractivity contribution in [3.8, 4) is 0 Å². The second-order valence-corrected chi connectivity index (χ2v) is 5.15. The molecule has 1 aliphatic rings. The summed E-state index contributed by atoms with van der Waals surface area (Å²) < 4.78 is 10.1. The molecule has 2 unspecified atom stereocenters. The third-order valence-corrected chi connectivity index (χ3v) is 3.01. The van der Waals surface area contributed by atoms with Gasteiger partial charge in [-0.25, -0.2) is 0 Å². The summed E-state index contributed by atoms with van der Waals surface area (Å²) in [5, 5.41) is 0. The number of carbonyl (C=O) groups excluding carboxylic acids is 2. The van der Waals surface area contributed by atoms with Gasteiger partial charge in [0, 0.05) is 5.92 Å². The molecule has 1 saturated heterocycles. The van der Waals surface area contributed by atoms with Crippen LogP contribution >= 0.6 is 0 Å². The van der Waals surface area contributed by atoms with E-state index in [1.165, 1.54) is 0 Å².